The SMILES string of the molecule is C[C@@H](NS(=O)C(C)(C)C)c1cccc(S(F)(F)(F)(F)F)c1F. The zero-order valence-electron chi connectivity index (χ0n) is 12.3. The van der Waals surface area contributed by atoms with Gasteiger partial charge in [-0.3, -0.25) is 0 Å². The molecule has 1 aromatic carbocycles. The first-order chi connectivity index (χ1) is 9.43. The van der Waals surface area contributed by atoms with E-state index in [1.165, 1.54) is 6.92 Å². The molecule has 0 amide bonds. The van der Waals surface area contributed by atoms with Gasteiger partial charge in [0.15, 0.2) is 5.82 Å². The van der Waals surface area contributed by atoms with Gasteiger partial charge in [0.05, 0.1) is 15.7 Å². The van der Waals surface area contributed by atoms with E-state index < -0.39 is 48.3 Å². The third-order valence-corrected chi connectivity index (χ3v) is 5.54. The van der Waals surface area contributed by atoms with Crippen molar-refractivity contribution in [3.05, 3.63) is 29.6 Å². The average Bonchev–Trinajstić information content (AvgIpc) is 2.24. The maximum absolute atomic E-state index is 13.9. The molecule has 1 aromatic rings. The molecule has 0 aliphatic heterocycles. The first-order valence-electron chi connectivity index (χ1n) is 6.14. The minimum atomic E-state index is -10.1. The van der Waals surface area contributed by atoms with Crippen LogP contribution >= 0.6 is 10.2 Å². The van der Waals surface area contributed by atoms with E-state index in [1.807, 2.05) is 0 Å². The topological polar surface area (TPSA) is 29.1 Å². The van der Waals surface area contributed by atoms with Gasteiger partial charge in [-0.05, 0) is 33.8 Å². The molecule has 1 N–H and O–H groups in total. The lowest BCUT2D eigenvalue weighted by Gasteiger charge is -2.41. The lowest BCUT2D eigenvalue weighted by Crippen LogP contribution is -2.35. The van der Waals surface area contributed by atoms with E-state index >= 15 is 0 Å². The molecule has 0 saturated heterocycles. The Labute approximate surface area is 127 Å². The molecular weight excluding hydrogens is 352 g/mol. The molecular formula is C12H17F6NOS2. The van der Waals surface area contributed by atoms with E-state index in [0.29, 0.717) is 6.07 Å². The van der Waals surface area contributed by atoms with Gasteiger partial charge in [-0.2, -0.15) is 0 Å². The Balaban J connectivity index is 3.28. The number of nitrogens with one attached hydrogen (secondary N) is 1. The van der Waals surface area contributed by atoms with Crippen LogP contribution < -0.4 is 4.72 Å². The molecule has 0 aliphatic carbocycles. The van der Waals surface area contributed by atoms with E-state index in [1.54, 1.807) is 20.8 Å². The second-order valence-corrected chi connectivity index (χ2v) is 10.2. The van der Waals surface area contributed by atoms with Gasteiger partial charge in [-0.15, -0.1) is 0 Å². The summed E-state index contributed by atoms with van der Waals surface area (Å²) in [6, 6.07) is 0.511. The highest BCUT2D eigenvalue weighted by molar-refractivity contribution is 8.45. The van der Waals surface area contributed by atoms with Crippen LogP contribution in [-0.2, 0) is 11.0 Å². The van der Waals surface area contributed by atoms with Gasteiger partial charge in [-0.25, -0.2) is 13.3 Å². The average molecular weight is 369 g/mol. The van der Waals surface area contributed by atoms with E-state index in [-0.39, 0.29) is 6.07 Å². The molecule has 2 nitrogen and oxygen atoms in total. The van der Waals surface area contributed by atoms with Crippen molar-refractivity contribution in [1.82, 2.24) is 4.72 Å². The Hall–Kier alpha value is -0.740. The fraction of sp³-hybridized carbons (Fsp3) is 0.500. The highest BCUT2D eigenvalue weighted by atomic mass is 32.5. The van der Waals surface area contributed by atoms with Crippen molar-refractivity contribution in [2.24, 2.45) is 0 Å². The largest absolute Gasteiger partial charge is 0.313 e. The first-order valence-corrected chi connectivity index (χ1v) is 9.24. The first kappa shape index (κ1) is 19.3. The van der Waals surface area contributed by atoms with Crippen LogP contribution in [0, 0.1) is 5.82 Å². The maximum Gasteiger partial charge on any atom is 0.313 e. The van der Waals surface area contributed by atoms with Crippen molar-refractivity contribution in [3.63, 3.8) is 0 Å². The summed E-state index contributed by atoms with van der Waals surface area (Å²) < 4.78 is 91.4. The molecule has 0 radical (unpaired) electrons. The summed E-state index contributed by atoms with van der Waals surface area (Å²) in [7, 11) is -11.8. The van der Waals surface area contributed by atoms with Gasteiger partial charge >= 0.3 is 10.2 Å². The molecule has 0 saturated carbocycles. The summed E-state index contributed by atoms with van der Waals surface area (Å²) in [6.07, 6.45) is 0. The predicted octanol–water partition coefficient (Wildman–Crippen LogP) is 5.60. The number of benzene rings is 1. The third kappa shape index (κ3) is 4.63. The Morgan fingerprint density at radius 3 is 2.05 bits per heavy atom. The second kappa shape index (κ2) is 4.88. The fourth-order valence-electron chi connectivity index (χ4n) is 1.56. The molecule has 2 atom stereocenters. The Kier molecular flexibility index (Phi) is 4.28. The quantitative estimate of drug-likeness (QED) is 0.688. The third-order valence-electron chi connectivity index (χ3n) is 2.72. The van der Waals surface area contributed by atoms with Crippen LogP contribution in [0.25, 0.3) is 0 Å². The zero-order valence-corrected chi connectivity index (χ0v) is 13.9. The molecule has 1 unspecified atom stereocenters. The Bertz CT molecular complexity index is 608. The molecule has 22 heavy (non-hydrogen) atoms. The van der Waals surface area contributed by atoms with Gasteiger partial charge < -0.3 is 0 Å². The summed E-state index contributed by atoms with van der Waals surface area (Å²) in [4.78, 5) is -2.56. The highest BCUT2D eigenvalue weighted by Gasteiger charge is 2.67. The lowest BCUT2D eigenvalue weighted by atomic mass is 10.1. The fourth-order valence-corrected chi connectivity index (χ4v) is 3.15. The van der Waals surface area contributed by atoms with Gasteiger partial charge in [-0.1, -0.05) is 31.6 Å². The monoisotopic (exact) mass is 369 g/mol. The molecule has 0 bridgehead atoms. The second-order valence-electron chi connectivity index (χ2n) is 5.85. The van der Waals surface area contributed by atoms with Gasteiger partial charge in [0.25, 0.3) is 0 Å². The van der Waals surface area contributed by atoms with E-state index in [9.17, 15) is 28.0 Å². The van der Waals surface area contributed by atoms with Crippen molar-refractivity contribution in [3.8, 4) is 0 Å². The minimum Gasteiger partial charge on any atom is -0.242 e. The van der Waals surface area contributed by atoms with Crippen LogP contribution in [0.4, 0.5) is 23.8 Å². The normalized spacial score (nSPS) is 19.2. The van der Waals surface area contributed by atoms with Crippen LogP contribution in [0.5, 0.6) is 0 Å². The molecule has 0 aromatic heterocycles. The van der Waals surface area contributed by atoms with Crippen molar-refractivity contribution < 1.29 is 28.0 Å². The molecule has 0 spiro atoms. The molecule has 10 heteroatoms. The Morgan fingerprint density at radius 2 is 1.64 bits per heavy atom. The van der Waals surface area contributed by atoms with Crippen LogP contribution in [0.1, 0.15) is 39.3 Å². The molecule has 1 rings (SSSR count). The molecule has 130 valence electrons. The number of hydrogen-bond donors (Lipinski definition) is 1. The van der Waals surface area contributed by atoms with Crippen molar-refractivity contribution in [1.29, 1.82) is 0 Å². The van der Waals surface area contributed by atoms with Crippen LogP contribution in [0.3, 0.4) is 0 Å². The maximum atomic E-state index is 13.9. The summed E-state index contributed by atoms with van der Waals surface area (Å²) >= 11 is 0. The predicted molar refractivity (Wildman–Crippen MR) is 77.2 cm³/mol. The smallest absolute Gasteiger partial charge is 0.242 e. The molecule has 0 aliphatic rings. The van der Waals surface area contributed by atoms with E-state index in [0.717, 1.165) is 6.07 Å². The molecule has 0 heterocycles. The number of rotatable bonds is 4. The highest BCUT2D eigenvalue weighted by Crippen LogP contribution is 3.02. The van der Waals surface area contributed by atoms with Gasteiger partial charge in [0.2, 0.25) is 0 Å². The summed E-state index contributed by atoms with van der Waals surface area (Å²) in [5.41, 5.74) is -0.622. The lowest BCUT2D eigenvalue weighted by molar-refractivity contribution is 0.354. The van der Waals surface area contributed by atoms with Crippen molar-refractivity contribution >= 4 is 21.2 Å². The van der Waals surface area contributed by atoms with Crippen LogP contribution in [-0.4, -0.2) is 8.96 Å². The van der Waals surface area contributed by atoms with Crippen molar-refractivity contribution in [2.45, 2.75) is 43.4 Å². The summed E-state index contributed by atoms with van der Waals surface area (Å²) in [5, 5.41) is 0. The molecule has 0 fully saturated rings. The van der Waals surface area contributed by atoms with Gasteiger partial charge in [0, 0.05) is 11.6 Å². The zero-order chi connectivity index (χ0) is 17.6. The van der Waals surface area contributed by atoms with E-state index in [2.05, 4.69) is 4.72 Å². The number of hydrogen-bond acceptors (Lipinski definition) is 1. The summed E-state index contributed by atoms with van der Waals surface area (Å²) in [6.45, 7) is 6.05. The van der Waals surface area contributed by atoms with Crippen LogP contribution in [0.15, 0.2) is 23.1 Å². The summed E-state index contributed by atoms with van der Waals surface area (Å²) in [5.74, 6) is -2.05. The van der Waals surface area contributed by atoms with Crippen LogP contribution in [0.2, 0.25) is 0 Å². The Morgan fingerprint density at radius 1 is 1.14 bits per heavy atom. The standard InChI is InChI=1S/C12H17F6NOS2/c1-8(19-21(20)12(2,3)4)9-6-5-7-10(11(9)13)22(14,15,16,17)18/h5-8,19H,1-4H3/t8-,21?/m1/s1. The number of halogens is 6. The van der Waals surface area contributed by atoms with Crippen molar-refractivity contribution in [2.75, 3.05) is 0 Å². The minimum absolute atomic E-state index is 0.00777. The van der Waals surface area contributed by atoms with E-state index in [4.69, 9.17) is 0 Å². The van der Waals surface area contributed by atoms with Gasteiger partial charge in [0.1, 0.15) is 4.90 Å².